The van der Waals surface area contributed by atoms with E-state index in [1.165, 1.54) is 22.3 Å². The first-order valence-corrected chi connectivity index (χ1v) is 8.70. The highest BCUT2D eigenvalue weighted by molar-refractivity contribution is 5.85. The maximum Gasteiger partial charge on any atom is 0.0314 e. The van der Waals surface area contributed by atoms with Crippen LogP contribution in [0, 0.1) is 0 Å². The summed E-state index contributed by atoms with van der Waals surface area (Å²) in [7, 11) is 0. The van der Waals surface area contributed by atoms with Crippen molar-refractivity contribution in [2.45, 2.75) is 13.8 Å². The van der Waals surface area contributed by atoms with Gasteiger partial charge in [-0.1, -0.05) is 54.6 Å². The van der Waals surface area contributed by atoms with Gasteiger partial charge in [0.15, 0.2) is 0 Å². The molecule has 0 fully saturated rings. The molecule has 0 spiro atoms. The number of hydrogen-bond acceptors (Lipinski definition) is 2. The van der Waals surface area contributed by atoms with Crippen LogP contribution in [0.25, 0.3) is 23.3 Å². The molecule has 0 radical (unpaired) electrons. The highest BCUT2D eigenvalue weighted by Crippen LogP contribution is 2.24. The SMILES string of the molecule is CC(=Cc1ccc(N)cc1)c1cccc(C(C)=Cc2ccc(N)cc2)c1. The van der Waals surface area contributed by atoms with Crippen molar-refractivity contribution in [3.63, 3.8) is 0 Å². The highest BCUT2D eigenvalue weighted by atomic mass is 14.5. The van der Waals surface area contributed by atoms with Gasteiger partial charge in [-0.05, 0) is 77.6 Å². The Hall–Kier alpha value is -3.26. The van der Waals surface area contributed by atoms with Crippen LogP contribution in [0.5, 0.6) is 0 Å². The number of nitrogen functional groups attached to an aromatic ring is 2. The van der Waals surface area contributed by atoms with E-state index in [9.17, 15) is 0 Å². The summed E-state index contributed by atoms with van der Waals surface area (Å²) in [6.45, 7) is 4.27. The van der Waals surface area contributed by atoms with E-state index in [0.29, 0.717) is 0 Å². The number of benzene rings is 3. The summed E-state index contributed by atoms with van der Waals surface area (Å²) >= 11 is 0. The van der Waals surface area contributed by atoms with Gasteiger partial charge >= 0.3 is 0 Å². The summed E-state index contributed by atoms with van der Waals surface area (Å²) in [5.74, 6) is 0. The van der Waals surface area contributed by atoms with Gasteiger partial charge in [0.2, 0.25) is 0 Å². The van der Waals surface area contributed by atoms with E-state index in [-0.39, 0.29) is 0 Å². The molecule has 0 saturated heterocycles. The smallest absolute Gasteiger partial charge is 0.0314 e. The zero-order valence-electron chi connectivity index (χ0n) is 15.2. The Bertz CT molecular complexity index is 870. The summed E-state index contributed by atoms with van der Waals surface area (Å²) in [4.78, 5) is 0. The van der Waals surface area contributed by atoms with Crippen molar-refractivity contribution < 1.29 is 0 Å². The minimum absolute atomic E-state index is 0.783. The zero-order valence-corrected chi connectivity index (χ0v) is 15.2. The van der Waals surface area contributed by atoms with Crippen molar-refractivity contribution in [1.82, 2.24) is 0 Å². The van der Waals surface area contributed by atoms with Crippen LogP contribution in [0.1, 0.15) is 36.1 Å². The molecule has 0 saturated carbocycles. The topological polar surface area (TPSA) is 52.0 Å². The molecule has 3 rings (SSSR count). The Labute approximate surface area is 155 Å². The van der Waals surface area contributed by atoms with Crippen LogP contribution in [-0.4, -0.2) is 0 Å². The van der Waals surface area contributed by atoms with Crippen molar-refractivity contribution in [1.29, 1.82) is 0 Å². The van der Waals surface area contributed by atoms with Crippen molar-refractivity contribution in [3.8, 4) is 0 Å². The third-order valence-electron chi connectivity index (χ3n) is 4.41. The van der Waals surface area contributed by atoms with Gasteiger partial charge in [0.25, 0.3) is 0 Å². The predicted octanol–water partition coefficient (Wildman–Crippen LogP) is 5.97. The molecular weight excluding hydrogens is 316 g/mol. The number of anilines is 2. The lowest BCUT2D eigenvalue weighted by atomic mass is 9.98. The lowest BCUT2D eigenvalue weighted by molar-refractivity contribution is 1.51. The molecule has 3 aromatic carbocycles. The molecule has 0 aliphatic heterocycles. The van der Waals surface area contributed by atoms with Gasteiger partial charge in [0.05, 0.1) is 0 Å². The molecule has 4 N–H and O–H groups in total. The fraction of sp³-hybridized carbons (Fsp3) is 0.0833. The standard InChI is InChI=1S/C24H24N2/c1-17(14-19-6-10-23(25)11-7-19)21-4-3-5-22(16-21)18(2)15-20-8-12-24(26)13-9-20/h3-16H,25-26H2,1-2H3. The Kier molecular flexibility index (Phi) is 5.23. The minimum Gasteiger partial charge on any atom is -0.399 e. The van der Waals surface area contributed by atoms with E-state index in [1.54, 1.807) is 0 Å². The molecular formula is C24H24N2. The lowest BCUT2D eigenvalue weighted by Gasteiger charge is -2.07. The van der Waals surface area contributed by atoms with E-state index < -0.39 is 0 Å². The predicted molar refractivity (Wildman–Crippen MR) is 115 cm³/mol. The van der Waals surface area contributed by atoms with E-state index in [2.05, 4.69) is 50.3 Å². The molecule has 0 aliphatic rings. The molecule has 0 bridgehead atoms. The maximum absolute atomic E-state index is 5.76. The molecule has 130 valence electrons. The zero-order chi connectivity index (χ0) is 18.5. The lowest BCUT2D eigenvalue weighted by Crippen LogP contribution is -1.87. The van der Waals surface area contributed by atoms with Crippen molar-refractivity contribution >= 4 is 34.7 Å². The van der Waals surface area contributed by atoms with E-state index in [0.717, 1.165) is 22.5 Å². The highest BCUT2D eigenvalue weighted by Gasteiger charge is 2.01. The van der Waals surface area contributed by atoms with Gasteiger partial charge < -0.3 is 11.5 Å². The molecule has 0 atom stereocenters. The molecule has 0 aromatic heterocycles. The van der Waals surface area contributed by atoms with Crippen molar-refractivity contribution in [2.75, 3.05) is 11.5 Å². The molecule has 2 heteroatoms. The second-order valence-electron chi connectivity index (χ2n) is 6.57. The molecule has 2 nitrogen and oxygen atoms in total. The second kappa shape index (κ2) is 7.75. The molecule has 0 unspecified atom stereocenters. The van der Waals surface area contributed by atoms with Crippen molar-refractivity contribution in [3.05, 3.63) is 95.1 Å². The molecule has 3 aromatic rings. The molecule has 0 amide bonds. The Balaban J connectivity index is 1.87. The average molecular weight is 340 g/mol. The van der Waals surface area contributed by atoms with E-state index in [4.69, 9.17) is 11.5 Å². The minimum atomic E-state index is 0.783. The molecule has 26 heavy (non-hydrogen) atoms. The summed E-state index contributed by atoms with van der Waals surface area (Å²) in [5, 5.41) is 0. The van der Waals surface area contributed by atoms with Crippen LogP contribution >= 0.6 is 0 Å². The Morgan fingerprint density at radius 3 is 1.38 bits per heavy atom. The monoisotopic (exact) mass is 340 g/mol. The first-order chi connectivity index (χ1) is 12.5. The average Bonchev–Trinajstić information content (AvgIpc) is 2.65. The van der Waals surface area contributed by atoms with Gasteiger partial charge in [-0.3, -0.25) is 0 Å². The van der Waals surface area contributed by atoms with Gasteiger partial charge in [-0.15, -0.1) is 0 Å². The van der Waals surface area contributed by atoms with Crippen LogP contribution in [0.3, 0.4) is 0 Å². The van der Waals surface area contributed by atoms with E-state index in [1.807, 2.05) is 48.5 Å². The molecule has 0 heterocycles. The quantitative estimate of drug-likeness (QED) is 0.454. The second-order valence-corrected chi connectivity index (χ2v) is 6.57. The summed E-state index contributed by atoms with van der Waals surface area (Å²) in [5.41, 5.74) is 20.2. The van der Waals surface area contributed by atoms with Crippen LogP contribution < -0.4 is 11.5 Å². The third kappa shape index (κ3) is 4.42. The fourth-order valence-electron chi connectivity index (χ4n) is 2.86. The number of rotatable bonds is 4. The first kappa shape index (κ1) is 17.6. The fourth-order valence-corrected chi connectivity index (χ4v) is 2.86. The number of hydrogen-bond donors (Lipinski definition) is 2. The van der Waals surface area contributed by atoms with Gasteiger partial charge in [-0.25, -0.2) is 0 Å². The van der Waals surface area contributed by atoms with Gasteiger partial charge in [0.1, 0.15) is 0 Å². The Morgan fingerprint density at radius 2 is 1.00 bits per heavy atom. The number of nitrogens with two attached hydrogens (primary N) is 2. The summed E-state index contributed by atoms with van der Waals surface area (Å²) < 4.78 is 0. The maximum atomic E-state index is 5.76. The normalized spacial score (nSPS) is 12.2. The largest absolute Gasteiger partial charge is 0.399 e. The Morgan fingerprint density at radius 1 is 0.615 bits per heavy atom. The van der Waals surface area contributed by atoms with Crippen molar-refractivity contribution in [2.24, 2.45) is 0 Å². The van der Waals surface area contributed by atoms with E-state index >= 15 is 0 Å². The summed E-state index contributed by atoms with van der Waals surface area (Å²) in [6, 6.07) is 24.5. The van der Waals surface area contributed by atoms with Crippen LogP contribution in [0.4, 0.5) is 11.4 Å². The van der Waals surface area contributed by atoms with Gasteiger partial charge in [-0.2, -0.15) is 0 Å². The number of allylic oxidation sites excluding steroid dienone is 2. The van der Waals surface area contributed by atoms with Crippen LogP contribution in [0.15, 0.2) is 72.8 Å². The van der Waals surface area contributed by atoms with Gasteiger partial charge in [0, 0.05) is 11.4 Å². The summed E-state index contributed by atoms with van der Waals surface area (Å²) in [6.07, 6.45) is 4.36. The molecule has 0 aliphatic carbocycles. The first-order valence-electron chi connectivity index (χ1n) is 8.70. The van der Waals surface area contributed by atoms with Crippen LogP contribution in [-0.2, 0) is 0 Å². The van der Waals surface area contributed by atoms with Crippen LogP contribution in [0.2, 0.25) is 0 Å². The third-order valence-corrected chi connectivity index (χ3v) is 4.41.